The number of hydrogen-bond acceptors (Lipinski definition) is 1. The van der Waals surface area contributed by atoms with Gasteiger partial charge in [-0.05, 0) is 0 Å². The molecule has 0 unspecified atom stereocenters. The Bertz CT molecular complexity index is 200. The molecule has 0 aliphatic carbocycles. The molecule has 0 aromatic carbocycles. The zero-order valence-corrected chi connectivity index (χ0v) is 4.33. The van der Waals surface area contributed by atoms with Gasteiger partial charge in [0, 0.05) is 0 Å². The maximum absolute atomic E-state index is 5.04. The quantitative estimate of drug-likeness (QED) is 0.431. The number of rotatable bonds is 0. The molecule has 0 N–H and O–H groups in total. The van der Waals surface area contributed by atoms with Crippen LogP contribution in [0.25, 0.3) is 0 Å². The first kappa shape index (κ1) is 5.05. The summed E-state index contributed by atoms with van der Waals surface area (Å²) < 4.78 is 0. The van der Waals surface area contributed by atoms with Crippen molar-refractivity contribution in [2.24, 2.45) is 0 Å². The molecule has 0 atom stereocenters. The van der Waals surface area contributed by atoms with E-state index < -0.39 is 0 Å². The minimum absolute atomic E-state index is 0.688. The topological polar surface area (TPSA) is 12.9 Å². The van der Waals surface area contributed by atoms with Gasteiger partial charge in [0.15, 0.2) is 0 Å². The van der Waals surface area contributed by atoms with E-state index in [1.54, 1.807) is 13.1 Å². The molecule has 0 amide bonds. The van der Waals surface area contributed by atoms with Gasteiger partial charge in [0.25, 0.3) is 0 Å². The van der Waals surface area contributed by atoms with E-state index in [4.69, 9.17) is 6.42 Å². The second-order valence-corrected chi connectivity index (χ2v) is 1.36. The summed E-state index contributed by atoms with van der Waals surface area (Å²) in [6.07, 6.45) is 5.04. The molecule has 36 valence electrons. The first-order chi connectivity index (χ1) is 3.93. The predicted molar refractivity (Wildman–Crippen MR) is 33.5 cm³/mol. The van der Waals surface area contributed by atoms with E-state index >= 15 is 0 Å². The van der Waals surface area contributed by atoms with Crippen molar-refractivity contribution in [3.05, 3.63) is 23.8 Å². The first-order valence-electron chi connectivity index (χ1n) is 2.31. The van der Waals surface area contributed by atoms with Gasteiger partial charge in [0.2, 0.25) is 0 Å². The molecular weight excluding hydrogens is 96.9 g/mol. The molecule has 1 aromatic rings. The summed E-state index contributed by atoms with van der Waals surface area (Å²) in [5.74, 6) is 4.25. The van der Waals surface area contributed by atoms with E-state index in [0.717, 1.165) is 0 Å². The standard InChI is InChI=1S/C6H4BN/c1-2-6-4-3-5-7-8-6/h1,3-5H. The molecule has 0 bridgehead atoms. The van der Waals surface area contributed by atoms with Crippen LogP contribution in [-0.4, -0.2) is 11.9 Å². The molecule has 0 spiro atoms. The molecular formula is C6H4BN. The van der Waals surface area contributed by atoms with Crippen molar-refractivity contribution in [1.82, 2.24) is 4.89 Å². The van der Waals surface area contributed by atoms with E-state index in [1.165, 1.54) is 0 Å². The van der Waals surface area contributed by atoms with Crippen LogP contribution in [-0.2, 0) is 0 Å². The average molecular weight is 101 g/mol. The van der Waals surface area contributed by atoms with Crippen LogP contribution in [0, 0.1) is 12.3 Å². The van der Waals surface area contributed by atoms with Crippen LogP contribution >= 0.6 is 0 Å². The maximum atomic E-state index is 5.04. The van der Waals surface area contributed by atoms with Crippen LogP contribution in [0.1, 0.15) is 5.69 Å². The fourth-order valence-electron chi connectivity index (χ4n) is 0.448. The number of aromatic nitrogens is 1. The van der Waals surface area contributed by atoms with Crippen molar-refractivity contribution in [3.63, 3.8) is 0 Å². The van der Waals surface area contributed by atoms with Crippen LogP contribution in [0.4, 0.5) is 0 Å². The summed E-state index contributed by atoms with van der Waals surface area (Å²) >= 11 is 0. The number of terminal acetylenes is 1. The molecule has 0 saturated carbocycles. The van der Waals surface area contributed by atoms with E-state index in [1.807, 2.05) is 12.0 Å². The molecule has 0 radical (unpaired) electrons. The van der Waals surface area contributed by atoms with Crippen molar-refractivity contribution < 1.29 is 0 Å². The third-order valence-corrected chi connectivity index (χ3v) is 0.813. The Morgan fingerprint density at radius 2 is 2.62 bits per heavy atom. The molecule has 0 aliphatic rings. The second kappa shape index (κ2) is 2.27. The number of hydrogen-bond donors (Lipinski definition) is 0. The SMILES string of the molecule is C#Cc1cccbn1. The Morgan fingerprint density at radius 3 is 3.00 bits per heavy atom. The van der Waals surface area contributed by atoms with E-state index in [2.05, 4.69) is 10.8 Å². The van der Waals surface area contributed by atoms with Crippen molar-refractivity contribution in [2.75, 3.05) is 0 Å². The van der Waals surface area contributed by atoms with Crippen LogP contribution in [0.15, 0.2) is 18.1 Å². The van der Waals surface area contributed by atoms with Crippen LogP contribution in [0.2, 0.25) is 0 Å². The Labute approximate surface area is 49.0 Å². The molecule has 0 fully saturated rings. The summed E-state index contributed by atoms with van der Waals surface area (Å²) in [6, 6.07) is 3.65. The molecule has 1 aromatic heterocycles. The van der Waals surface area contributed by atoms with Gasteiger partial charge in [-0.1, -0.05) is 0 Å². The zero-order valence-electron chi connectivity index (χ0n) is 4.33. The molecule has 0 saturated heterocycles. The second-order valence-electron chi connectivity index (χ2n) is 1.36. The average Bonchev–Trinajstić information content (AvgIpc) is 1.90. The molecule has 1 rings (SSSR count). The van der Waals surface area contributed by atoms with Crippen LogP contribution < -0.4 is 0 Å². The third kappa shape index (κ3) is 0.943. The van der Waals surface area contributed by atoms with Crippen molar-refractivity contribution in [1.29, 1.82) is 0 Å². The molecule has 0 aliphatic heterocycles. The predicted octanol–water partition coefficient (Wildman–Crippen LogP) is 0.401. The third-order valence-electron chi connectivity index (χ3n) is 0.813. The van der Waals surface area contributed by atoms with E-state index in [9.17, 15) is 0 Å². The Balaban J connectivity index is 3.05. The zero-order chi connectivity index (χ0) is 5.82. The fraction of sp³-hybridized carbons (Fsp3) is 0. The van der Waals surface area contributed by atoms with Gasteiger partial charge in [0.1, 0.15) is 0 Å². The van der Waals surface area contributed by atoms with Crippen LogP contribution in [0.3, 0.4) is 0 Å². The fourth-order valence-corrected chi connectivity index (χ4v) is 0.448. The van der Waals surface area contributed by atoms with Crippen molar-refractivity contribution in [2.45, 2.75) is 0 Å². The molecule has 1 nitrogen and oxygen atoms in total. The molecule has 1 heterocycles. The normalized spacial score (nSPS) is 7.38. The van der Waals surface area contributed by atoms with Crippen molar-refractivity contribution >= 4 is 7.05 Å². The molecule has 2 heteroatoms. The monoisotopic (exact) mass is 101 g/mol. The van der Waals surface area contributed by atoms with E-state index in [0.29, 0.717) is 5.69 Å². The van der Waals surface area contributed by atoms with Gasteiger partial charge in [-0.2, -0.15) is 0 Å². The van der Waals surface area contributed by atoms with Gasteiger partial charge in [0.05, 0.1) is 0 Å². The summed E-state index contributed by atoms with van der Waals surface area (Å²) in [7, 11) is 1.68. The first-order valence-corrected chi connectivity index (χ1v) is 2.31. The molecule has 8 heavy (non-hydrogen) atoms. The van der Waals surface area contributed by atoms with E-state index in [-0.39, 0.29) is 0 Å². The van der Waals surface area contributed by atoms with Gasteiger partial charge in [-0.3, -0.25) is 0 Å². The van der Waals surface area contributed by atoms with Gasteiger partial charge in [-0.15, -0.1) is 0 Å². The summed E-state index contributed by atoms with van der Waals surface area (Å²) in [4.78, 5) is 3.86. The summed E-state index contributed by atoms with van der Waals surface area (Å²) in [5.41, 5.74) is 0.688. The Morgan fingerprint density at radius 1 is 1.75 bits per heavy atom. The van der Waals surface area contributed by atoms with Gasteiger partial charge in [-0.25, -0.2) is 0 Å². The summed E-state index contributed by atoms with van der Waals surface area (Å²) in [6.45, 7) is 0. The van der Waals surface area contributed by atoms with Crippen LogP contribution in [0.5, 0.6) is 0 Å². The Kier molecular flexibility index (Phi) is 1.44. The Hall–Kier alpha value is -1.10. The number of nitrogens with zero attached hydrogens (tertiary/aromatic N) is 1. The van der Waals surface area contributed by atoms with Gasteiger partial charge < -0.3 is 0 Å². The van der Waals surface area contributed by atoms with Crippen molar-refractivity contribution in [3.8, 4) is 12.3 Å². The minimum atomic E-state index is 0.688. The summed E-state index contributed by atoms with van der Waals surface area (Å²) in [5, 5.41) is 0. The van der Waals surface area contributed by atoms with Gasteiger partial charge >= 0.3 is 48.1 Å².